The Morgan fingerprint density at radius 1 is 1.27 bits per heavy atom. The van der Waals surface area contributed by atoms with E-state index in [1.807, 2.05) is 0 Å². The molecule has 0 N–H and O–H groups in total. The summed E-state index contributed by atoms with van der Waals surface area (Å²) in [6, 6.07) is 0. The first kappa shape index (κ1) is 7.15. The van der Waals surface area contributed by atoms with Crippen LogP contribution in [0.1, 0.15) is 27.2 Å². The third-order valence-corrected chi connectivity index (χ3v) is 2.67. The second-order valence-corrected chi connectivity index (χ2v) is 4.79. The van der Waals surface area contributed by atoms with Crippen LogP contribution in [-0.4, -0.2) is 0 Å². The van der Waals surface area contributed by atoms with E-state index in [9.17, 15) is 0 Å². The third kappa shape index (κ3) is 1.26. The molecule has 60 valence electrons. The molecular weight excluding hydrogens is 132 g/mol. The van der Waals surface area contributed by atoms with Gasteiger partial charge in [-0.05, 0) is 29.2 Å². The number of hydrogen-bond acceptors (Lipinski definition) is 0. The minimum atomic E-state index is 0.351. The lowest BCUT2D eigenvalue weighted by molar-refractivity contribution is 0.511. The lowest BCUT2D eigenvalue weighted by Crippen LogP contribution is -2.09. The molecule has 0 amide bonds. The fourth-order valence-corrected chi connectivity index (χ4v) is 1.66. The second kappa shape index (κ2) is 2.00. The molecule has 0 heteroatoms. The van der Waals surface area contributed by atoms with Crippen molar-refractivity contribution in [2.24, 2.45) is 17.3 Å². The summed E-state index contributed by atoms with van der Waals surface area (Å²) < 4.78 is 0. The summed E-state index contributed by atoms with van der Waals surface area (Å²) in [5, 5.41) is 0. The summed E-state index contributed by atoms with van der Waals surface area (Å²) in [6.45, 7) is 6.85. The van der Waals surface area contributed by atoms with Gasteiger partial charge in [0.2, 0.25) is 0 Å². The van der Waals surface area contributed by atoms with Gasteiger partial charge in [0, 0.05) is 0 Å². The smallest absolute Gasteiger partial charge is 0.0135 e. The number of fused-ring (bicyclic) bond motifs is 1. The van der Waals surface area contributed by atoms with Crippen molar-refractivity contribution in [3.63, 3.8) is 0 Å². The van der Waals surface area contributed by atoms with Gasteiger partial charge < -0.3 is 0 Å². The Morgan fingerprint density at radius 2 is 2.00 bits per heavy atom. The molecule has 0 aliphatic heterocycles. The molecule has 2 aliphatic rings. The molecule has 2 rings (SSSR count). The molecule has 0 aromatic carbocycles. The molecule has 0 aromatic heterocycles. The SMILES string of the molecule is CC(C)(C)C1=CC2CC2C=C1. The highest BCUT2D eigenvalue weighted by Gasteiger charge is 2.36. The maximum absolute atomic E-state index is 2.46. The monoisotopic (exact) mass is 148 g/mol. The fraction of sp³-hybridized carbons (Fsp3) is 0.636. The van der Waals surface area contributed by atoms with Crippen LogP contribution in [0.2, 0.25) is 0 Å². The van der Waals surface area contributed by atoms with E-state index in [-0.39, 0.29) is 0 Å². The summed E-state index contributed by atoms with van der Waals surface area (Å²) in [5.74, 6) is 1.80. The minimum absolute atomic E-state index is 0.351. The molecule has 1 saturated carbocycles. The maximum Gasteiger partial charge on any atom is -0.0135 e. The van der Waals surface area contributed by atoms with Gasteiger partial charge in [0.05, 0.1) is 0 Å². The van der Waals surface area contributed by atoms with Crippen LogP contribution >= 0.6 is 0 Å². The molecule has 0 radical (unpaired) electrons. The molecule has 0 aromatic rings. The van der Waals surface area contributed by atoms with Crippen LogP contribution in [0.4, 0.5) is 0 Å². The van der Waals surface area contributed by atoms with Crippen molar-refractivity contribution >= 4 is 0 Å². The first-order valence-corrected chi connectivity index (χ1v) is 4.48. The third-order valence-electron chi connectivity index (χ3n) is 2.67. The first-order valence-electron chi connectivity index (χ1n) is 4.48. The van der Waals surface area contributed by atoms with Gasteiger partial charge >= 0.3 is 0 Å². The second-order valence-electron chi connectivity index (χ2n) is 4.79. The van der Waals surface area contributed by atoms with Crippen molar-refractivity contribution in [3.8, 4) is 0 Å². The fourth-order valence-electron chi connectivity index (χ4n) is 1.66. The van der Waals surface area contributed by atoms with Gasteiger partial charge in [0.15, 0.2) is 0 Å². The molecule has 0 nitrogen and oxygen atoms in total. The van der Waals surface area contributed by atoms with Gasteiger partial charge in [0.1, 0.15) is 0 Å². The predicted octanol–water partition coefficient (Wildman–Crippen LogP) is 3.16. The molecule has 0 saturated heterocycles. The average Bonchev–Trinajstić information content (AvgIpc) is 2.60. The highest BCUT2D eigenvalue weighted by Crippen LogP contribution is 2.46. The summed E-state index contributed by atoms with van der Waals surface area (Å²) in [4.78, 5) is 0. The molecule has 1 fully saturated rings. The van der Waals surface area contributed by atoms with E-state index >= 15 is 0 Å². The van der Waals surface area contributed by atoms with Crippen molar-refractivity contribution in [2.75, 3.05) is 0 Å². The Bertz CT molecular complexity index is 225. The van der Waals surface area contributed by atoms with Crippen LogP contribution in [0.3, 0.4) is 0 Å². The standard InChI is InChI=1S/C11H16/c1-11(2,3)10-5-4-8-6-9(8)7-10/h4-5,7-9H,6H2,1-3H3. The van der Waals surface area contributed by atoms with Crippen molar-refractivity contribution in [1.82, 2.24) is 0 Å². The van der Waals surface area contributed by atoms with Gasteiger partial charge in [-0.25, -0.2) is 0 Å². The summed E-state index contributed by atoms with van der Waals surface area (Å²) in [5.41, 5.74) is 1.88. The topological polar surface area (TPSA) is 0 Å². The predicted molar refractivity (Wildman–Crippen MR) is 48.3 cm³/mol. The van der Waals surface area contributed by atoms with Gasteiger partial charge in [-0.1, -0.05) is 39.0 Å². The molecule has 2 aliphatic carbocycles. The van der Waals surface area contributed by atoms with E-state index in [2.05, 4.69) is 39.0 Å². The van der Waals surface area contributed by atoms with Crippen LogP contribution < -0.4 is 0 Å². The van der Waals surface area contributed by atoms with E-state index in [1.165, 1.54) is 12.0 Å². The van der Waals surface area contributed by atoms with E-state index in [4.69, 9.17) is 0 Å². The Kier molecular flexibility index (Phi) is 1.30. The zero-order valence-electron chi connectivity index (χ0n) is 7.59. The van der Waals surface area contributed by atoms with E-state index < -0.39 is 0 Å². The van der Waals surface area contributed by atoms with E-state index in [0.29, 0.717) is 5.41 Å². The van der Waals surface area contributed by atoms with Crippen LogP contribution in [0.5, 0.6) is 0 Å². The number of rotatable bonds is 0. The molecule has 0 heterocycles. The van der Waals surface area contributed by atoms with Gasteiger partial charge in [0.25, 0.3) is 0 Å². The first-order chi connectivity index (χ1) is 5.07. The minimum Gasteiger partial charge on any atom is -0.0805 e. The highest BCUT2D eigenvalue weighted by atomic mass is 14.4. The molecule has 2 unspecified atom stereocenters. The summed E-state index contributed by atoms with van der Waals surface area (Å²) in [7, 11) is 0. The highest BCUT2D eigenvalue weighted by molar-refractivity contribution is 5.34. The van der Waals surface area contributed by atoms with E-state index in [0.717, 1.165) is 11.8 Å². The summed E-state index contributed by atoms with van der Waals surface area (Å²) >= 11 is 0. The molecule has 11 heavy (non-hydrogen) atoms. The van der Waals surface area contributed by atoms with Gasteiger partial charge in [-0.3, -0.25) is 0 Å². The molecule has 2 atom stereocenters. The zero-order valence-corrected chi connectivity index (χ0v) is 7.59. The lowest BCUT2D eigenvalue weighted by Gasteiger charge is -2.21. The van der Waals surface area contributed by atoms with Crippen LogP contribution in [-0.2, 0) is 0 Å². The van der Waals surface area contributed by atoms with E-state index in [1.54, 1.807) is 0 Å². The number of hydrogen-bond donors (Lipinski definition) is 0. The zero-order chi connectivity index (χ0) is 8.06. The van der Waals surface area contributed by atoms with Crippen molar-refractivity contribution in [2.45, 2.75) is 27.2 Å². The van der Waals surface area contributed by atoms with Crippen molar-refractivity contribution in [3.05, 3.63) is 23.8 Å². The molecule has 0 spiro atoms. The Balaban J connectivity index is 2.21. The van der Waals surface area contributed by atoms with Crippen LogP contribution in [0.15, 0.2) is 23.8 Å². The van der Waals surface area contributed by atoms with Gasteiger partial charge in [-0.15, -0.1) is 0 Å². The molecular formula is C11H16. The lowest BCUT2D eigenvalue weighted by atomic mass is 9.84. The van der Waals surface area contributed by atoms with Crippen molar-refractivity contribution < 1.29 is 0 Å². The van der Waals surface area contributed by atoms with Gasteiger partial charge in [-0.2, -0.15) is 0 Å². The quantitative estimate of drug-likeness (QED) is 0.495. The van der Waals surface area contributed by atoms with Crippen LogP contribution in [0.25, 0.3) is 0 Å². The Hall–Kier alpha value is -0.520. The van der Waals surface area contributed by atoms with Crippen LogP contribution in [0, 0.1) is 17.3 Å². The normalized spacial score (nSPS) is 34.6. The molecule has 0 bridgehead atoms. The average molecular weight is 148 g/mol. The largest absolute Gasteiger partial charge is 0.0805 e. The maximum atomic E-state index is 2.46. The Labute approximate surface area is 69.0 Å². The Morgan fingerprint density at radius 3 is 2.55 bits per heavy atom. The van der Waals surface area contributed by atoms with Crippen molar-refractivity contribution in [1.29, 1.82) is 0 Å². The number of allylic oxidation sites excluding steroid dienone is 4. The summed E-state index contributed by atoms with van der Waals surface area (Å²) in [6.07, 6.45) is 8.56.